The first kappa shape index (κ1) is 13.7. The molecule has 0 bridgehead atoms. The lowest BCUT2D eigenvalue weighted by atomic mass is 10.00. The van der Waals surface area contributed by atoms with Gasteiger partial charge in [0.2, 0.25) is 23.6 Å². The Morgan fingerprint density at radius 1 is 0.632 bits per heavy atom. The topological polar surface area (TPSA) is 74.8 Å². The lowest BCUT2D eigenvalue weighted by Gasteiger charge is -2.21. The van der Waals surface area contributed by atoms with Crippen molar-refractivity contribution in [3.05, 3.63) is 0 Å². The molecule has 2 rings (SSSR count). The minimum absolute atomic E-state index is 0.237. The summed E-state index contributed by atoms with van der Waals surface area (Å²) in [7, 11) is 0. The third-order valence-electron chi connectivity index (χ3n) is 4.41. The second-order valence-electron chi connectivity index (χ2n) is 5.51. The maximum atomic E-state index is 11.9. The van der Waals surface area contributed by atoms with E-state index in [1.807, 2.05) is 0 Å². The van der Waals surface area contributed by atoms with Crippen LogP contribution in [0.5, 0.6) is 0 Å². The van der Waals surface area contributed by atoms with Crippen molar-refractivity contribution in [2.24, 2.45) is 23.7 Å². The van der Waals surface area contributed by atoms with Crippen LogP contribution in [0.15, 0.2) is 0 Å². The maximum Gasteiger partial charge on any atom is 0.234 e. The normalized spacial score (nSPS) is 35.8. The molecule has 104 valence electrons. The van der Waals surface area contributed by atoms with Crippen molar-refractivity contribution in [2.75, 3.05) is 6.67 Å². The van der Waals surface area contributed by atoms with Crippen molar-refractivity contribution in [1.82, 2.24) is 9.80 Å². The fourth-order valence-corrected chi connectivity index (χ4v) is 2.48. The fourth-order valence-electron chi connectivity index (χ4n) is 2.48. The van der Waals surface area contributed by atoms with E-state index in [9.17, 15) is 19.2 Å². The molecule has 6 heteroatoms. The number of imide groups is 2. The summed E-state index contributed by atoms with van der Waals surface area (Å²) in [5.41, 5.74) is 0. The predicted octanol–water partition coefficient (Wildman–Crippen LogP) is 0.226. The smallest absolute Gasteiger partial charge is 0.234 e. The van der Waals surface area contributed by atoms with Gasteiger partial charge in [-0.15, -0.1) is 0 Å². The van der Waals surface area contributed by atoms with Gasteiger partial charge in [0.05, 0.1) is 0 Å². The number of rotatable bonds is 2. The van der Waals surface area contributed by atoms with E-state index in [4.69, 9.17) is 0 Å². The second-order valence-corrected chi connectivity index (χ2v) is 5.51. The largest absolute Gasteiger partial charge is 0.274 e. The van der Waals surface area contributed by atoms with Crippen LogP contribution in [0.2, 0.25) is 0 Å². The quantitative estimate of drug-likeness (QED) is 0.670. The molecule has 2 heterocycles. The molecule has 0 aliphatic carbocycles. The van der Waals surface area contributed by atoms with Crippen molar-refractivity contribution in [3.63, 3.8) is 0 Å². The molecule has 2 aliphatic rings. The van der Waals surface area contributed by atoms with Crippen molar-refractivity contribution >= 4 is 23.6 Å². The lowest BCUT2D eigenvalue weighted by Crippen LogP contribution is -2.44. The van der Waals surface area contributed by atoms with Gasteiger partial charge < -0.3 is 0 Å². The molecule has 4 unspecified atom stereocenters. The van der Waals surface area contributed by atoms with Gasteiger partial charge in [-0.2, -0.15) is 0 Å². The van der Waals surface area contributed by atoms with Crippen LogP contribution in [-0.2, 0) is 19.2 Å². The molecule has 0 radical (unpaired) electrons. The summed E-state index contributed by atoms with van der Waals surface area (Å²) in [5, 5.41) is 0. The first-order chi connectivity index (χ1) is 8.77. The molecule has 4 atom stereocenters. The average Bonchev–Trinajstić information content (AvgIpc) is 2.68. The minimum atomic E-state index is -0.393. The Morgan fingerprint density at radius 3 is 1.05 bits per heavy atom. The Kier molecular flexibility index (Phi) is 3.20. The summed E-state index contributed by atoms with van der Waals surface area (Å²) in [6.07, 6.45) is 0. The summed E-state index contributed by atoms with van der Waals surface area (Å²) in [5.74, 6) is -2.83. The van der Waals surface area contributed by atoms with Gasteiger partial charge in [0.25, 0.3) is 0 Å². The van der Waals surface area contributed by atoms with Crippen molar-refractivity contribution < 1.29 is 19.2 Å². The minimum Gasteiger partial charge on any atom is -0.274 e. The van der Waals surface area contributed by atoms with Crippen LogP contribution >= 0.6 is 0 Å². The van der Waals surface area contributed by atoms with Gasteiger partial charge in [0.1, 0.15) is 6.67 Å². The van der Waals surface area contributed by atoms with Gasteiger partial charge in [-0.3, -0.25) is 29.0 Å². The number of hydrogen-bond acceptors (Lipinski definition) is 4. The van der Waals surface area contributed by atoms with Crippen molar-refractivity contribution in [1.29, 1.82) is 0 Å². The number of nitrogens with zero attached hydrogens (tertiary/aromatic N) is 2. The molecule has 0 saturated carbocycles. The van der Waals surface area contributed by atoms with E-state index in [1.54, 1.807) is 27.7 Å². The van der Waals surface area contributed by atoms with Gasteiger partial charge in [-0.1, -0.05) is 27.7 Å². The Balaban J connectivity index is 2.19. The number of hydrogen-bond donors (Lipinski definition) is 0. The predicted molar refractivity (Wildman–Crippen MR) is 65.2 cm³/mol. The summed E-state index contributed by atoms with van der Waals surface area (Å²) in [6.45, 7) is 6.50. The van der Waals surface area contributed by atoms with Crippen molar-refractivity contribution in [3.8, 4) is 0 Å². The third kappa shape index (κ3) is 1.86. The SMILES string of the molecule is CC1C(=O)N(CN2C(=O)C(C)C(C)C2=O)C(=O)C1C. The fraction of sp³-hybridized carbons (Fsp3) is 0.692. The van der Waals surface area contributed by atoms with Gasteiger partial charge >= 0.3 is 0 Å². The third-order valence-corrected chi connectivity index (χ3v) is 4.41. The number of carbonyl (C=O) groups excluding carboxylic acids is 4. The number of carbonyl (C=O) groups is 4. The molecule has 2 saturated heterocycles. The van der Waals surface area contributed by atoms with E-state index < -0.39 is 23.7 Å². The van der Waals surface area contributed by atoms with Crippen LogP contribution in [0, 0.1) is 23.7 Å². The van der Waals surface area contributed by atoms with Gasteiger partial charge in [-0.25, -0.2) is 0 Å². The number of amides is 4. The highest BCUT2D eigenvalue weighted by molar-refractivity contribution is 6.08. The van der Waals surface area contributed by atoms with Crippen LogP contribution in [0.4, 0.5) is 0 Å². The van der Waals surface area contributed by atoms with E-state index in [0.717, 1.165) is 9.80 Å². The maximum absolute atomic E-state index is 11.9. The first-order valence-corrected chi connectivity index (χ1v) is 6.47. The zero-order valence-corrected chi connectivity index (χ0v) is 11.5. The Labute approximate surface area is 111 Å². The van der Waals surface area contributed by atoms with Crippen LogP contribution in [-0.4, -0.2) is 40.1 Å². The molecule has 0 aromatic rings. The Bertz CT molecular complexity index is 391. The van der Waals surface area contributed by atoms with Crippen LogP contribution in [0.3, 0.4) is 0 Å². The Morgan fingerprint density at radius 2 is 0.842 bits per heavy atom. The van der Waals surface area contributed by atoms with Crippen LogP contribution < -0.4 is 0 Å². The van der Waals surface area contributed by atoms with E-state index >= 15 is 0 Å². The zero-order chi connectivity index (χ0) is 14.5. The highest BCUT2D eigenvalue weighted by Crippen LogP contribution is 2.29. The highest BCUT2D eigenvalue weighted by atomic mass is 16.2. The second kappa shape index (κ2) is 4.43. The van der Waals surface area contributed by atoms with Gasteiger partial charge in [0.15, 0.2) is 0 Å². The molecule has 4 amide bonds. The zero-order valence-electron chi connectivity index (χ0n) is 11.5. The molecule has 6 nitrogen and oxygen atoms in total. The van der Waals surface area contributed by atoms with E-state index in [1.165, 1.54) is 0 Å². The monoisotopic (exact) mass is 266 g/mol. The van der Waals surface area contributed by atoms with Crippen LogP contribution in [0.1, 0.15) is 27.7 Å². The first-order valence-electron chi connectivity index (χ1n) is 6.47. The molecule has 0 N–H and O–H groups in total. The average molecular weight is 266 g/mol. The molecule has 2 fully saturated rings. The van der Waals surface area contributed by atoms with E-state index in [-0.39, 0.29) is 30.3 Å². The summed E-state index contributed by atoms with van der Waals surface area (Å²) < 4.78 is 0. The van der Waals surface area contributed by atoms with E-state index in [0.29, 0.717) is 0 Å². The molecule has 2 aliphatic heterocycles. The van der Waals surface area contributed by atoms with Crippen LogP contribution in [0.25, 0.3) is 0 Å². The van der Waals surface area contributed by atoms with Gasteiger partial charge in [0, 0.05) is 23.7 Å². The molecule has 0 aromatic carbocycles. The molecule has 0 aromatic heterocycles. The highest BCUT2D eigenvalue weighted by Gasteiger charge is 2.48. The van der Waals surface area contributed by atoms with Crippen molar-refractivity contribution in [2.45, 2.75) is 27.7 Å². The molecular weight excluding hydrogens is 248 g/mol. The summed E-state index contributed by atoms with van der Waals surface area (Å²) in [6, 6.07) is 0. The number of likely N-dealkylation sites (tertiary alicyclic amines) is 2. The molecule has 0 spiro atoms. The molecular formula is C13H18N2O4. The summed E-state index contributed by atoms with van der Waals surface area (Å²) >= 11 is 0. The summed E-state index contributed by atoms with van der Waals surface area (Å²) in [4.78, 5) is 49.8. The van der Waals surface area contributed by atoms with Gasteiger partial charge in [-0.05, 0) is 0 Å². The van der Waals surface area contributed by atoms with E-state index in [2.05, 4.69) is 0 Å². The Hall–Kier alpha value is -1.72. The lowest BCUT2D eigenvalue weighted by molar-refractivity contribution is -0.148. The standard InChI is InChI=1S/C13H18N2O4/c1-6-7(2)11(17)14(10(6)16)5-15-12(18)8(3)9(4)13(15)19/h6-9H,5H2,1-4H3. The molecule has 19 heavy (non-hydrogen) atoms.